The molecule has 0 aliphatic carbocycles. The number of hydrogen-bond acceptors (Lipinski definition) is 4. The zero-order valence-electron chi connectivity index (χ0n) is 20.0. The van der Waals surface area contributed by atoms with Crippen molar-refractivity contribution in [2.24, 2.45) is 0 Å². The van der Waals surface area contributed by atoms with Gasteiger partial charge in [0.1, 0.15) is 11.9 Å². The van der Waals surface area contributed by atoms with Crippen LogP contribution in [0.4, 0.5) is 0 Å². The highest BCUT2D eigenvalue weighted by Crippen LogP contribution is 2.21. The summed E-state index contributed by atoms with van der Waals surface area (Å²) in [6.07, 6.45) is 8.15. The van der Waals surface area contributed by atoms with Gasteiger partial charge in [0.2, 0.25) is 0 Å². The van der Waals surface area contributed by atoms with Gasteiger partial charge in [0.05, 0.1) is 6.10 Å². The molecule has 178 valence electrons. The molecule has 33 heavy (non-hydrogen) atoms. The first-order valence-corrected chi connectivity index (χ1v) is 12.6. The van der Waals surface area contributed by atoms with Gasteiger partial charge in [0.15, 0.2) is 0 Å². The molecule has 0 unspecified atom stereocenters. The summed E-state index contributed by atoms with van der Waals surface area (Å²) in [5.74, 6) is 0.914. The largest absolute Gasteiger partial charge is 0.490 e. The molecule has 2 aliphatic heterocycles. The third-order valence-electron chi connectivity index (χ3n) is 6.91. The molecule has 0 radical (unpaired) electrons. The van der Waals surface area contributed by atoms with E-state index < -0.39 is 0 Å². The minimum absolute atomic E-state index is 0.0593. The Morgan fingerprint density at radius 2 is 1.79 bits per heavy atom. The first-order valence-electron chi connectivity index (χ1n) is 12.6. The third-order valence-corrected chi connectivity index (χ3v) is 6.91. The van der Waals surface area contributed by atoms with E-state index in [1.165, 1.54) is 12.0 Å². The highest BCUT2D eigenvalue weighted by Gasteiger charge is 2.21. The molecule has 5 nitrogen and oxygen atoms in total. The highest BCUT2D eigenvalue weighted by atomic mass is 16.5. The molecule has 1 amide bonds. The van der Waals surface area contributed by atoms with Gasteiger partial charge >= 0.3 is 0 Å². The molecule has 2 fully saturated rings. The first-order chi connectivity index (χ1) is 16.2. The number of hydrogen-bond donors (Lipinski definition) is 0. The number of likely N-dealkylation sites (tertiary alicyclic amines) is 1. The van der Waals surface area contributed by atoms with Gasteiger partial charge in [-0.15, -0.1) is 0 Å². The lowest BCUT2D eigenvalue weighted by atomic mass is 10.1. The van der Waals surface area contributed by atoms with Gasteiger partial charge in [-0.3, -0.25) is 4.79 Å². The lowest BCUT2D eigenvalue weighted by Gasteiger charge is -2.32. The van der Waals surface area contributed by atoms with E-state index in [1.54, 1.807) is 4.90 Å². The summed E-state index contributed by atoms with van der Waals surface area (Å²) in [7, 11) is 1.88. The minimum atomic E-state index is 0.0593. The first kappa shape index (κ1) is 23.8. The second-order valence-electron chi connectivity index (χ2n) is 9.42. The van der Waals surface area contributed by atoms with Crippen molar-refractivity contribution >= 4 is 5.91 Å². The number of piperidine rings is 1. The Balaban J connectivity index is 1.17. The van der Waals surface area contributed by atoms with Crippen LogP contribution in [0, 0.1) is 0 Å². The molecular weight excluding hydrogens is 412 g/mol. The normalized spacial score (nSPS) is 19.8. The van der Waals surface area contributed by atoms with E-state index in [1.807, 2.05) is 31.3 Å². The van der Waals surface area contributed by atoms with E-state index in [9.17, 15) is 4.79 Å². The number of rotatable bonds is 9. The molecule has 2 saturated heterocycles. The standard InChI is InChI=1S/C28H38N2O3/c1-29(18-15-25-9-5-6-22-32-25)28(31)24-10-12-26(13-11-24)33-27-16-20-30(21-17-27)19-14-23-7-3-2-4-8-23/h2-4,7-8,10-13,25,27H,5-6,9,14-22H2,1H3/t25-/m0/s1. The third kappa shape index (κ3) is 7.31. The maximum Gasteiger partial charge on any atom is 0.253 e. The van der Waals surface area contributed by atoms with Crippen LogP contribution >= 0.6 is 0 Å². The average molecular weight is 451 g/mol. The van der Waals surface area contributed by atoms with E-state index in [2.05, 4.69) is 35.2 Å². The van der Waals surface area contributed by atoms with Crippen molar-refractivity contribution in [3.63, 3.8) is 0 Å². The SMILES string of the molecule is CN(CC[C@@H]1CCCCO1)C(=O)c1ccc(OC2CCN(CCc3ccccc3)CC2)cc1. The molecule has 2 aliphatic rings. The van der Waals surface area contributed by atoms with Crippen molar-refractivity contribution in [2.45, 2.75) is 57.2 Å². The smallest absolute Gasteiger partial charge is 0.253 e. The van der Waals surface area contributed by atoms with Crippen LogP contribution < -0.4 is 4.74 Å². The van der Waals surface area contributed by atoms with Crippen LogP contribution in [0.3, 0.4) is 0 Å². The molecule has 0 aromatic heterocycles. The van der Waals surface area contributed by atoms with Crippen molar-refractivity contribution in [1.29, 1.82) is 0 Å². The molecule has 0 spiro atoms. The van der Waals surface area contributed by atoms with Gasteiger partial charge in [-0.05, 0) is 74.8 Å². The summed E-state index contributed by atoms with van der Waals surface area (Å²) < 4.78 is 12.0. The molecule has 2 heterocycles. The Morgan fingerprint density at radius 3 is 2.48 bits per heavy atom. The molecule has 2 aromatic carbocycles. The summed E-state index contributed by atoms with van der Waals surface area (Å²) >= 11 is 0. The quantitative estimate of drug-likeness (QED) is 0.550. The molecule has 0 bridgehead atoms. The predicted octanol–water partition coefficient (Wildman–Crippen LogP) is 4.80. The molecule has 0 N–H and O–H groups in total. The molecule has 4 rings (SSSR count). The monoisotopic (exact) mass is 450 g/mol. The molecule has 2 aromatic rings. The zero-order chi connectivity index (χ0) is 22.9. The van der Waals surface area contributed by atoms with Crippen LogP contribution in [0.25, 0.3) is 0 Å². The number of ether oxygens (including phenoxy) is 2. The van der Waals surface area contributed by atoms with Crippen molar-refractivity contribution in [2.75, 3.05) is 39.8 Å². The second kappa shape index (κ2) is 12.2. The van der Waals surface area contributed by atoms with Gasteiger partial charge in [-0.25, -0.2) is 0 Å². The van der Waals surface area contributed by atoms with Crippen molar-refractivity contribution < 1.29 is 14.3 Å². The Labute approximate surface area is 198 Å². The topological polar surface area (TPSA) is 42.0 Å². The molecule has 0 saturated carbocycles. The number of carbonyl (C=O) groups is 1. The van der Waals surface area contributed by atoms with Gasteiger partial charge in [-0.1, -0.05) is 30.3 Å². The predicted molar refractivity (Wildman–Crippen MR) is 132 cm³/mol. The van der Waals surface area contributed by atoms with Crippen molar-refractivity contribution in [1.82, 2.24) is 9.80 Å². The molecule has 5 heteroatoms. The highest BCUT2D eigenvalue weighted by molar-refractivity contribution is 5.94. The van der Waals surface area contributed by atoms with Crippen LogP contribution in [-0.4, -0.2) is 67.7 Å². The lowest BCUT2D eigenvalue weighted by molar-refractivity contribution is 0.00709. The van der Waals surface area contributed by atoms with Crippen molar-refractivity contribution in [3.05, 3.63) is 65.7 Å². The maximum absolute atomic E-state index is 12.8. The van der Waals surface area contributed by atoms with Crippen LogP contribution in [0.15, 0.2) is 54.6 Å². The van der Waals surface area contributed by atoms with Gasteiger partial charge in [0, 0.05) is 45.4 Å². The summed E-state index contributed by atoms with van der Waals surface area (Å²) in [4.78, 5) is 17.1. The Bertz CT molecular complexity index is 841. The van der Waals surface area contributed by atoms with E-state index in [0.29, 0.717) is 11.7 Å². The fraction of sp³-hybridized carbons (Fsp3) is 0.536. The van der Waals surface area contributed by atoms with E-state index in [4.69, 9.17) is 9.47 Å². The van der Waals surface area contributed by atoms with Gasteiger partial charge in [-0.2, -0.15) is 0 Å². The number of nitrogens with zero attached hydrogens (tertiary/aromatic N) is 2. The average Bonchev–Trinajstić information content (AvgIpc) is 2.88. The lowest BCUT2D eigenvalue weighted by Crippen LogP contribution is -2.39. The van der Waals surface area contributed by atoms with Crippen LogP contribution in [0.2, 0.25) is 0 Å². The molecule has 1 atom stereocenters. The van der Waals surface area contributed by atoms with Crippen LogP contribution in [0.5, 0.6) is 5.75 Å². The van der Waals surface area contributed by atoms with Gasteiger partial charge in [0.25, 0.3) is 5.91 Å². The van der Waals surface area contributed by atoms with E-state index in [-0.39, 0.29) is 12.0 Å². The summed E-state index contributed by atoms with van der Waals surface area (Å²) in [5.41, 5.74) is 2.11. The van der Waals surface area contributed by atoms with E-state index in [0.717, 1.165) is 77.1 Å². The number of carbonyl (C=O) groups excluding carboxylic acids is 1. The Hall–Kier alpha value is -2.37. The summed E-state index contributed by atoms with van der Waals surface area (Å²) in [5, 5.41) is 0. The van der Waals surface area contributed by atoms with E-state index >= 15 is 0 Å². The van der Waals surface area contributed by atoms with Gasteiger partial charge < -0.3 is 19.3 Å². The van der Waals surface area contributed by atoms with Crippen LogP contribution in [-0.2, 0) is 11.2 Å². The zero-order valence-corrected chi connectivity index (χ0v) is 20.0. The Morgan fingerprint density at radius 1 is 1.03 bits per heavy atom. The number of amides is 1. The maximum atomic E-state index is 12.8. The fourth-order valence-electron chi connectivity index (χ4n) is 4.75. The Kier molecular flexibility index (Phi) is 8.79. The summed E-state index contributed by atoms with van der Waals surface area (Å²) in [6, 6.07) is 18.3. The fourth-order valence-corrected chi connectivity index (χ4v) is 4.75. The number of benzene rings is 2. The summed E-state index contributed by atoms with van der Waals surface area (Å²) in [6.45, 7) is 4.84. The second-order valence-corrected chi connectivity index (χ2v) is 9.42. The van der Waals surface area contributed by atoms with Crippen LogP contribution in [0.1, 0.15) is 54.4 Å². The molecular formula is C28H38N2O3. The minimum Gasteiger partial charge on any atom is -0.490 e. The van der Waals surface area contributed by atoms with Crippen molar-refractivity contribution in [3.8, 4) is 5.75 Å².